The Bertz CT molecular complexity index is 980. The second-order valence-corrected chi connectivity index (χ2v) is 7.08. The van der Waals surface area contributed by atoms with E-state index in [0.29, 0.717) is 17.2 Å². The van der Waals surface area contributed by atoms with E-state index >= 15 is 0 Å². The maximum atomic E-state index is 12.5. The Hall–Kier alpha value is -3.45. The number of ether oxygens (including phenoxy) is 1. The monoisotopic (exact) mass is 407 g/mol. The highest BCUT2D eigenvalue weighted by Gasteiger charge is 2.10. The Labute approximate surface area is 173 Å². The van der Waals surface area contributed by atoms with Crippen molar-refractivity contribution in [3.05, 3.63) is 78.9 Å². The first-order valence-electron chi connectivity index (χ1n) is 8.97. The number of anilines is 2. The lowest BCUT2D eigenvalue weighted by Crippen LogP contribution is -2.22. The van der Waals surface area contributed by atoms with Crippen molar-refractivity contribution >= 4 is 35.0 Å². The quantitative estimate of drug-likeness (QED) is 0.464. The molecule has 0 heterocycles. The fourth-order valence-corrected chi connectivity index (χ4v) is 3.30. The van der Waals surface area contributed by atoms with E-state index < -0.39 is 5.91 Å². The highest BCUT2D eigenvalue weighted by molar-refractivity contribution is 8.00. The Balaban J connectivity index is 1.62. The van der Waals surface area contributed by atoms with E-state index in [9.17, 15) is 9.59 Å². The summed E-state index contributed by atoms with van der Waals surface area (Å²) in [4.78, 5) is 24.3. The van der Waals surface area contributed by atoms with Crippen molar-refractivity contribution in [1.29, 1.82) is 0 Å². The minimum absolute atomic E-state index is 0.0633. The molecule has 2 amide bonds. The topological polar surface area (TPSA) is 93.5 Å². The molecular weight excluding hydrogens is 386 g/mol. The summed E-state index contributed by atoms with van der Waals surface area (Å²) in [7, 11) is 0. The van der Waals surface area contributed by atoms with Gasteiger partial charge in [-0.05, 0) is 36.4 Å². The van der Waals surface area contributed by atoms with Crippen LogP contribution in [0.1, 0.15) is 0 Å². The number of benzene rings is 3. The number of hydrogen-bond acceptors (Lipinski definition) is 5. The molecular formula is C22H21N3O3S. The van der Waals surface area contributed by atoms with Gasteiger partial charge >= 0.3 is 0 Å². The highest BCUT2D eigenvalue weighted by atomic mass is 32.2. The number of thioether (sulfide) groups is 1. The zero-order valence-corrected chi connectivity index (χ0v) is 16.4. The van der Waals surface area contributed by atoms with Crippen LogP contribution in [-0.4, -0.2) is 24.1 Å². The molecule has 0 aliphatic rings. The molecule has 4 N–H and O–H groups in total. The van der Waals surface area contributed by atoms with Crippen LogP contribution < -0.4 is 21.1 Å². The standard InChI is InChI=1S/C22H21N3O3S/c23-21(26)15-29-20-13-7-5-11-18(20)24-14-22(27)25-17-10-4-6-12-19(17)28-16-8-2-1-3-9-16/h1-13,24H,14-15H2,(H2,23,26)(H,25,27). The third-order valence-corrected chi connectivity index (χ3v) is 4.92. The van der Waals surface area contributed by atoms with Gasteiger partial charge < -0.3 is 21.1 Å². The van der Waals surface area contributed by atoms with Gasteiger partial charge in [0.25, 0.3) is 0 Å². The number of amides is 2. The van der Waals surface area contributed by atoms with Crippen LogP contribution in [0.25, 0.3) is 0 Å². The number of nitrogens with one attached hydrogen (secondary N) is 2. The molecule has 6 nitrogen and oxygen atoms in total. The van der Waals surface area contributed by atoms with E-state index in [1.165, 1.54) is 11.8 Å². The number of rotatable bonds is 9. The molecule has 0 saturated heterocycles. The van der Waals surface area contributed by atoms with Crippen molar-refractivity contribution in [3.8, 4) is 11.5 Å². The summed E-state index contributed by atoms with van der Waals surface area (Å²) in [6, 6.07) is 24.1. The van der Waals surface area contributed by atoms with Crippen LogP contribution in [0.15, 0.2) is 83.8 Å². The molecule has 3 aromatic carbocycles. The van der Waals surface area contributed by atoms with Crippen LogP contribution in [0, 0.1) is 0 Å². The van der Waals surface area contributed by atoms with E-state index in [0.717, 1.165) is 10.6 Å². The van der Waals surface area contributed by atoms with Crippen LogP contribution in [-0.2, 0) is 9.59 Å². The van der Waals surface area contributed by atoms with E-state index in [2.05, 4.69) is 10.6 Å². The molecule has 7 heteroatoms. The molecule has 0 saturated carbocycles. The van der Waals surface area contributed by atoms with Gasteiger partial charge in [0.15, 0.2) is 5.75 Å². The minimum Gasteiger partial charge on any atom is -0.455 e. The second kappa shape index (κ2) is 10.2. The van der Waals surface area contributed by atoms with Crippen molar-refractivity contribution in [3.63, 3.8) is 0 Å². The average molecular weight is 407 g/mol. The fourth-order valence-electron chi connectivity index (χ4n) is 2.53. The van der Waals surface area contributed by atoms with E-state index in [1.54, 1.807) is 12.1 Å². The van der Waals surface area contributed by atoms with Crippen molar-refractivity contribution in [2.75, 3.05) is 22.9 Å². The zero-order valence-electron chi connectivity index (χ0n) is 15.6. The Morgan fingerprint density at radius 1 is 0.862 bits per heavy atom. The predicted molar refractivity (Wildman–Crippen MR) is 116 cm³/mol. The predicted octanol–water partition coefficient (Wildman–Crippen LogP) is 4.11. The normalized spacial score (nSPS) is 10.2. The van der Waals surface area contributed by atoms with Crippen LogP contribution in [0.4, 0.5) is 11.4 Å². The molecule has 0 radical (unpaired) electrons. The van der Waals surface area contributed by atoms with Crippen molar-refractivity contribution in [2.24, 2.45) is 5.73 Å². The molecule has 0 aliphatic carbocycles. The molecule has 148 valence electrons. The molecule has 0 aromatic heterocycles. The first kappa shape index (κ1) is 20.3. The minimum atomic E-state index is -0.391. The summed E-state index contributed by atoms with van der Waals surface area (Å²) >= 11 is 1.33. The van der Waals surface area contributed by atoms with Gasteiger partial charge in [-0.15, -0.1) is 11.8 Å². The Kier molecular flexibility index (Phi) is 7.13. The van der Waals surface area contributed by atoms with Gasteiger partial charge in [0.1, 0.15) is 5.75 Å². The smallest absolute Gasteiger partial charge is 0.243 e. The number of carbonyl (C=O) groups excluding carboxylic acids is 2. The van der Waals surface area contributed by atoms with Gasteiger partial charge in [0, 0.05) is 10.6 Å². The van der Waals surface area contributed by atoms with Crippen LogP contribution in [0.3, 0.4) is 0 Å². The maximum Gasteiger partial charge on any atom is 0.243 e. The number of nitrogens with two attached hydrogens (primary N) is 1. The average Bonchev–Trinajstić information content (AvgIpc) is 2.73. The Morgan fingerprint density at radius 2 is 1.52 bits per heavy atom. The van der Waals surface area contributed by atoms with Gasteiger partial charge in [-0.1, -0.05) is 42.5 Å². The molecule has 29 heavy (non-hydrogen) atoms. The lowest BCUT2D eigenvalue weighted by molar-refractivity contribution is -0.116. The van der Waals surface area contributed by atoms with Crippen LogP contribution in [0.5, 0.6) is 11.5 Å². The van der Waals surface area contributed by atoms with Gasteiger partial charge in [0.2, 0.25) is 11.8 Å². The van der Waals surface area contributed by atoms with Crippen molar-refractivity contribution < 1.29 is 14.3 Å². The zero-order chi connectivity index (χ0) is 20.5. The first-order chi connectivity index (χ1) is 14.1. The van der Waals surface area contributed by atoms with Gasteiger partial charge in [-0.2, -0.15) is 0 Å². The maximum absolute atomic E-state index is 12.5. The van der Waals surface area contributed by atoms with Gasteiger partial charge in [0.05, 0.1) is 18.0 Å². The molecule has 3 rings (SSSR count). The van der Waals surface area contributed by atoms with E-state index in [1.807, 2.05) is 66.7 Å². The number of carbonyl (C=O) groups is 2. The van der Waals surface area contributed by atoms with E-state index in [4.69, 9.17) is 10.5 Å². The van der Waals surface area contributed by atoms with Gasteiger partial charge in [-0.3, -0.25) is 9.59 Å². The third kappa shape index (κ3) is 6.29. The molecule has 0 unspecified atom stereocenters. The number of primary amides is 1. The molecule has 0 spiro atoms. The van der Waals surface area contributed by atoms with Gasteiger partial charge in [-0.25, -0.2) is 0 Å². The molecule has 0 aliphatic heterocycles. The number of para-hydroxylation sites is 4. The molecule has 3 aromatic rings. The molecule has 0 atom stereocenters. The van der Waals surface area contributed by atoms with Crippen molar-refractivity contribution in [1.82, 2.24) is 0 Å². The SMILES string of the molecule is NC(=O)CSc1ccccc1NCC(=O)Nc1ccccc1Oc1ccccc1. The lowest BCUT2D eigenvalue weighted by Gasteiger charge is -2.14. The first-order valence-corrected chi connectivity index (χ1v) is 9.96. The molecule has 0 fully saturated rings. The van der Waals surface area contributed by atoms with E-state index in [-0.39, 0.29) is 18.2 Å². The summed E-state index contributed by atoms with van der Waals surface area (Å²) in [5.41, 5.74) is 6.56. The summed E-state index contributed by atoms with van der Waals surface area (Å²) < 4.78 is 5.86. The summed E-state index contributed by atoms with van der Waals surface area (Å²) in [6.45, 7) is 0.0633. The number of hydrogen-bond donors (Lipinski definition) is 3. The Morgan fingerprint density at radius 3 is 2.28 bits per heavy atom. The second-order valence-electron chi connectivity index (χ2n) is 6.06. The van der Waals surface area contributed by atoms with Crippen LogP contribution in [0.2, 0.25) is 0 Å². The highest BCUT2D eigenvalue weighted by Crippen LogP contribution is 2.29. The largest absolute Gasteiger partial charge is 0.455 e. The summed E-state index contributed by atoms with van der Waals surface area (Å²) in [5.74, 6) is 0.813. The summed E-state index contributed by atoms with van der Waals surface area (Å²) in [6.07, 6.45) is 0. The fraction of sp³-hybridized carbons (Fsp3) is 0.0909. The van der Waals surface area contributed by atoms with Crippen molar-refractivity contribution in [2.45, 2.75) is 4.90 Å². The third-order valence-electron chi connectivity index (χ3n) is 3.83. The lowest BCUT2D eigenvalue weighted by atomic mass is 10.2. The molecule has 0 bridgehead atoms. The summed E-state index contributed by atoms with van der Waals surface area (Å²) in [5, 5.41) is 5.96. The van der Waals surface area contributed by atoms with Crippen LogP contribution >= 0.6 is 11.8 Å².